The van der Waals surface area contributed by atoms with Gasteiger partial charge < -0.3 is 0 Å². The van der Waals surface area contributed by atoms with Crippen molar-refractivity contribution in [2.45, 2.75) is 19.3 Å². The van der Waals surface area contributed by atoms with E-state index in [1.165, 1.54) is 16.5 Å². The van der Waals surface area contributed by atoms with Gasteiger partial charge in [-0.2, -0.15) is 0 Å². The molecule has 1 aromatic heterocycles. The third-order valence-corrected chi connectivity index (χ3v) is 8.93. The highest BCUT2D eigenvalue weighted by Gasteiger charge is 2.36. The van der Waals surface area contributed by atoms with Crippen molar-refractivity contribution < 1.29 is 0 Å². The van der Waals surface area contributed by atoms with Crippen LogP contribution < -0.4 is 0 Å². The molecule has 7 aromatic rings. The lowest BCUT2D eigenvalue weighted by molar-refractivity contribution is 0.661. The molecule has 45 heavy (non-hydrogen) atoms. The zero-order chi connectivity index (χ0) is 30.5. The van der Waals surface area contributed by atoms with E-state index in [1.807, 2.05) is 48.5 Å². The number of hydrogen-bond donors (Lipinski definition) is 0. The molecular weight excluding hydrogens is 548 g/mol. The van der Waals surface area contributed by atoms with Crippen molar-refractivity contribution in [2.75, 3.05) is 0 Å². The van der Waals surface area contributed by atoms with Gasteiger partial charge in [0.1, 0.15) is 0 Å². The van der Waals surface area contributed by atoms with Crippen LogP contribution in [0, 0.1) is 6.57 Å². The Bertz CT molecular complexity index is 2310. The van der Waals surface area contributed by atoms with E-state index in [0.29, 0.717) is 23.2 Å². The zero-order valence-electron chi connectivity index (χ0n) is 25.0. The topological polar surface area (TPSA) is 43.0 Å². The second-order valence-electron chi connectivity index (χ2n) is 12.0. The fourth-order valence-corrected chi connectivity index (χ4v) is 6.56. The minimum Gasteiger partial charge on any atom is -0.238 e. The Kier molecular flexibility index (Phi) is 6.15. The van der Waals surface area contributed by atoms with Crippen molar-refractivity contribution in [3.05, 3.63) is 156 Å². The number of fused-ring (bicyclic) bond motifs is 4. The average Bonchev–Trinajstić information content (AvgIpc) is 3.34. The standard InChI is InChI=1S/C41H28N4/c1-41(2)34-17-10-18-36(42-3)37(34)33-22-21-30(25-35(33)41)29-15-9-16-31(24-29)39-43-38(27-12-5-4-6-13-27)44-40(45-39)32-20-19-26-11-7-8-14-28(26)23-32/h4-25H,1-2H3. The molecule has 0 fully saturated rings. The van der Waals surface area contributed by atoms with E-state index in [0.717, 1.165) is 44.3 Å². The van der Waals surface area contributed by atoms with Gasteiger partial charge in [0.2, 0.25) is 0 Å². The van der Waals surface area contributed by atoms with Crippen LogP contribution in [0.4, 0.5) is 5.69 Å². The predicted molar refractivity (Wildman–Crippen MR) is 183 cm³/mol. The van der Waals surface area contributed by atoms with E-state index in [9.17, 15) is 0 Å². The van der Waals surface area contributed by atoms with Crippen LogP contribution in [0.3, 0.4) is 0 Å². The first-order valence-corrected chi connectivity index (χ1v) is 15.1. The predicted octanol–water partition coefficient (Wildman–Crippen LogP) is 10.5. The minimum absolute atomic E-state index is 0.202. The molecule has 0 radical (unpaired) electrons. The van der Waals surface area contributed by atoms with Gasteiger partial charge in [-0.25, -0.2) is 19.8 Å². The van der Waals surface area contributed by atoms with Gasteiger partial charge in [-0.3, -0.25) is 0 Å². The van der Waals surface area contributed by atoms with Crippen molar-refractivity contribution in [3.63, 3.8) is 0 Å². The summed E-state index contributed by atoms with van der Waals surface area (Å²) < 4.78 is 0. The van der Waals surface area contributed by atoms with Crippen LogP contribution in [0.5, 0.6) is 0 Å². The second kappa shape index (κ2) is 10.4. The third kappa shape index (κ3) is 4.49. The lowest BCUT2D eigenvalue weighted by Crippen LogP contribution is -2.14. The van der Waals surface area contributed by atoms with Crippen LogP contribution in [0.25, 0.3) is 72.0 Å². The monoisotopic (exact) mass is 576 g/mol. The van der Waals surface area contributed by atoms with E-state index in [2.05, 4.69) is 104 Å². The first-order chi connectivity index (χ1) is 22.0. The van der Waals surface area contributed by atoms with Gasteiger partial charge in [0.15, 0.2) is 23.2 Å². The molecule has 1 heterocycles. The molecule has 0 saturated heterocycles. The first kappa shape index (κ1) is 26.7. The lowest BCUT2D eigenvalue weighted by Gasteiger charge is -2.22. The first-order valence-electron chi connectivity index (χ1n) is 15.1. The SMILES string of the molecule is [C-]#[N+]c1cccc2c1-c1ccc(-c3cccc(-c4nc(-c5ccccc5)nc(-c5ccc6ccccc6c5)n4)c3)cc1C2(C)C. The highest BCUT2D eigenvalue weighted by atomic mass is 15.0. The van der Waals surface area contributed by atoms with Gasteiger partial charge in [-0.1, -0.05) is 129 Å². The van der Waals surface area contributed by atoms with E-state index in [-0.39, 0.29) is 5.41 Å². The summed E-state index contributed by atoms with van der Waals surface area (Å²) in [5, 5.41) is 2.32. The van der Waals surface area contributed by atoms with Crippen LogP contribution in [0.1, 0.15) is 25.0 Å². The molecule has 4 heteroatoms. The molecule has 212 valence electrons. The number of nitrogens with zero attached hydrogens (tertiary/aromatic N) is 4. The summed E-state index contributed by atoms with van der Waals surface area (Å²) in [5.41, 5.74) is 10.2. The Morgan fingerprint density at radius 2 is 1.09 bits per heavy atom. The van der Waals surface area contributed by atoms with Crippen molar-refractivity contribution >= 4 is 16.5 Å². The van der Waals surface area contributed by atoms with Gasteiger partial charge in [0.25, 0.3) is 0 Å². The summed E-state index contributed by atoms with van der Waals surface area (Å²) in [6, 6.07) is 45.8. The molecule has 6 aromatic carbocycles. The van der Waals surface area contributed by atoms with Crippen molar-refractivity contribution in [2.24, 2.45) is 0 Å². The Labute approximate surface area is 262 Å². The van der Waals surface area contributed by atoms with E-state index < -0.39 is 0 Å². The molecule has 8 rings (SSSR count). The molecule has 0 bridgehead atoms. The number of aromatic nitrogens is 3. The fourth-order valence-electron chi connectivity index (χ4n) is 6.56. The molecule has 0 atom stereocenters. The van der Waals surface area contributed by atoms with Gasteiger partial charge in [0, 0.05) is 22.1 Å². The maximum absolute atomic E-state index is 7.75. The summed E-state index contributed by atoms with van der Waals surface area (Å²) in [6.45, 7) is 12.2. The smallest absolute Gasteiger partial charge is 0.195 e. The summed E-state index contributed by atoms with van der Waals surface area (Å²) in [6.07, 6.45) is 0. The Hall–Kier alpha value is -5.92. The zero-order valence-corrected chi connectivity index (χ0v) is 25.0. The fraction of sp³-hybridized carbons (Fsp3) is 0.0732. The third-order valence-electron chi connectivity index (χ3n) is 8.93. The molecule has 0 amide bonds. The molecule has 0 spiro atoms. The summed E-state index contributed by atoms with van der Waals surface area (Å²) in [7, 11) is 0. The van der Waals surface area contributed by atoms with Gasteiger partial charge in [-0.05, 0) is 62.4 Å². The molecule has 1 aliphatic carbocycles. The maximum atomic E-state index is 7.75. The minimum atomic E-state index is -0.202. The van der Waals surface area contributed by atoms with E-state index in [4.69, 9.17) is 21.5 Å². The normalized spacial score (nSPS) is 12.8. The molecular formula is C41H28N4. The Morgan fingerprint density at radius 3 is 1.87 bits per heavy atom. The van der Waals surface area contributed by atoms with Gasteiger partial charge in [-0.15, -0.1) is 0 Å². The number of benzene rings is 6. The molecule has 4 nitrogen and oxygen atoms in total. The van der Waals surface area contributed by atoms with E-state index >= 15 is 0 Å². The van der Waals surface area contributed by atoms with Crippen molar-refractivity contribution in [1.82, 2.24) is 15.0 Å². The number of hydrogen-bond acceptors (Lipinski definition) is 3. The van der Waals surface area contributed by atoms with Gasteiger partial charge >= 0.3 is 0 Å². The average molecular weight is 577 g/mol. The Balaban J connectivity index is 1.25. The molecule has 0 N–H and O–H groups in total. The Morgan fingerprint density at radius 1 is 0.489 bits per heavy atom. The summed E-state index contributed by atoms with van der Waals surface area (Å²) in [5.74, 6) is 1.91. The number of rotatable bonds is 4. The van der Waals surface area contributed by atoms with E-state index in [1.54, 1.807) is 0 Å². The van der Waals surface area contributed by atoms with Crippen LogP contribution >= 0.6 is 0 Å². The molecule has 1 aliphatic rings. The molecule has 0 saturated carbocycles. The maximum Gasteiger partial charge on any atom is 0.195 e. The van der Waals surface area contributed by atoms with Crippen molar-refractivity contribution in [1.29, 1.82) is 0 Å². The lowest BCUT2D eigenvalue weighted by atomic mass is 9.81. The van der Waals surface area contributed by atoms with Crippen LogP contribution in [0.15, 0.2) is 133 Å². The van der Waals surface area contributed by atoms with Crippen LogP contribution in [0.2, 0.25) is 0 Å². The highest BCUT2D eigenvalue weighted by molar-refractivity contribution is 5.91. The highest BCUT2D eigenvalue weighted by Crippen LogP contribution is 2.53. The quantitative estimate of drug-likeness (QED) is 0.196. The van der Waals surface area contributed by atoms with Crippen molar-refractivity contribution in [3.8, 4) is 56.4 Å². The molecule has 0 aliphatic heterocycles. The summed E-state index contributed by atoms with van der Waals surface area (Å²) in [4.78, 5) is 18.8. The van der Waals surface area contributed by atoms with Crippen LogP contribution in [-0.4, -0.2) is 15.0 Å². The largest absolute Gasteiger partial charge is 0.238 e. The van der Waals surface area contributed by atoms with Crippen LogP contribution in [-0.2, 0) is 5.41 Å². The molecule has 0 unspecified atom stereocenters. The second-order valence-corrected chi connectivity index (χ2v) is 12.0. The summed E-state index contributed by atoms with van der Waals surface area (Å²) >= 11 is 0. The van der Waals surface area contributed by atoms with Gasteiger partial charge in [0.05, 0.1) is 6.57 Å².